The van der Waals surface area contributed by atoms with E-state index in [1.807, 2.05) is 4.90 Å². The molecular weight excluding hydrogens is 297 g/mol. The monoisotopic (exact) mass is 315 g/mol. The lowest BCUT2D eigenvalue weighted by atomic mass is 9.74. The van der Waals surface area contributed by atoms with Gasteiger partial charge in [-0.15, -0.1) is 0 Å². The van der Waals surface area contributed by atoms with Crippen LogP contribution in [0, 0.1) is 5.41 Å². The minimum Gasteiger partial charge on any atom is -0.340 e. The summed E-state index contributed by atoms with van der Waals surface area (Å²) in [6, 6.07) is 1.62. The molecule has 0 bridgehead atoms. The summed E-state index contributed by atoms with van der Waals surface area (Å²) in [7, 11) is 0. The van der Waals surface area contributed by atoms with Crippen LogP contribution in [0.1, 0.15) is 36.2 Å². The summed E-state index contributed by atoms with van der Waals surface area (Å²) in [5.41, 5.74) is 0.743. The number of piperidine rings is 2. The minimum absolute atomic E-state index is 0.00319. The van der Waals surface area contributed by atoms with Crippen molar-refractivity contribution in [2.45, 2.75) is 25.7 Å². The van der Waals surface area contributed by atoms with Gasteiger partial charge in [0.25, 0.3) is 5.91 Å². The molecule has 1 amide bonds. The van der Waals surface area contributed by atoms with E-state index >= 15 is 0 Å². The normalized spacial score (nSPS) is 27.0. The van der Waals surface area contributed by atoms with E-state index in [4.69, 9.17) is 23.2 Å². The van der Waals surface area contributed by atoms with Crippen LogP contribution >= 0.6 is 23.2 Å². The smallest absolute Gasteiger partial charge is 0.270 e. The second kappa shape index (κ2) is 5.58. The van der Waals surface area contributed by atoms with Gasteiger partial charge in [0.15, 0.2) is 0 Å². The van der Waals surface area contributed by atoms with Gasteiger partial charge in [0.1, 0.15) is 10.8 Å². The third-order valence-corrected chi connectivity index (χ3v) is 5.16. The number of aromatic nitrogens is 1. The third-order valence-electron chi connectivity index (χ3n) is 4.46. The number of aromatic amines is 1. The molecule has 2 aliphatic heterocycles. The average molecular weight is 316 g/mol. The molecule has 1 aromatic heterocycles. The van der Waals surface area contributed by atoms with Crippen LogP contribution in [0.3, 0.4) is 0 Å². The van der Waals surface area contributed by atoms with Crippen LogP contribution in [0.25, 0.3) is 0 Å². The van der Waals surface area contributed by atoms with Crippen molar-refractivity contribution in [2.24, 2.45) is 5.41 Å². The van der Waals surface area contributed by atoms with Crippen molar-refractivity contribution in [2.75, 3.05) is 26.2 Å². The number of halogens is 2. The van der Waals surface area contributed by atoms with E-state index in [-0.39, 0.29) is 11.3 Å². The van der Waals surface area contributed by atoms with Crippen molar-refractivity contribution in [3.8, 4) is 0 Å². The third kappa shape index (κ3) is 2.69. The number of amides is 1. The molecule has 2 saturated heterocycles. The van der Waals surface area contributed by atoms with E-state index in [0.29, 0.717) is 15.9 Å². The number of carbonyl (C=O) groups excluding carboxylic acids is 1. The van der Waals surface area contributed by atoms with Crippen LogP contribution in [0.5, 0.6) is 0 Å². The van der Waals surface area contributed by atoms with E-state index in [2.05, 4.69) is 10.3 Å². The van der Waals surface area contributed by atoms with E-state index in [1.54, 1.807) is 6.07 Å². The van der Waals surface area contributed by atoms with Crippen LogP contribution in [0.4, 0.5) is 0 Å². The van der Waals surface area contributed by atoms with Gasteiger partial charge in [0.05, 0.1) is 5.02 Å². The van der Waals surface area contributed by atoms with Crippen LogP contribution in [0.2, 0.25) is 10.2 Å². The summed E-state index contributed by atoms with van der Waals surface area (Å²) in [6.07, 6.45) is 4.67. The molecule has 6 heteroatoms. The Kier molecular flexibility index (Phi) is 3.98. The van der Waals surface area contributed by atoms with Gasteiger partial charge in [0.2, 0.25) is 0 Å². The first-order valence-electron chi connectivity index (χ1n) is 7.14. The highest BCUT2D eigenvalue weighted by atomic mass is 35.5. The van der Waals surface area contributed by atoms with Crippen LogP contribution in [0.15, 0.2) is 6.07 Å². The average Bonchev–Trinajstić information content (AvgIpc) is 2.79. The molecule has 1 atom stereocenters. The lowest BCUT2D eigenvalue weighted by Gasteiger charge is -2.45. The van der Waals surface area contributed by atoms with Gasteiger partial charge in [-0.1, -0.05) is 23.2 Å². The summed E-state index contributed by atoms with van der Waals surface area (Å²) in [5, 5.41) is 4.21. The van der Waals surface area contributed by atoms with Crippen molar-refractivity contribution >= 4 is 29.1 Å². The van der Waals surface area contributed by atoms with Crippen molar-refractivity contribution in [3.63, 3.8) is 0 Å². The minimum atomic E-state index is 0.00319. The molecule has 0 aromatic carbocycles. The van der Waals surface area contributed by atoms with Gasteiger partial charge in [-0.3, -0.25) is 4.79 Å². The molecule has 20 heavy (non-hydrogen) atoms. The number of rotatable bonds is 1. The molecule has 3 rings (SSSR count). The predicted octanol–water partition coefficient (Wildman–Crippen LogP) is 2.93. The summed E-state index contributed by atoms with van der Waals surface area (Å²) < 4.78 is 0. The Hall–Kier alpha value is -0.710. The number of nitrogens with one attached hydrogen (secondary N) is 2. The first-order valence-corrected chi connectivity index (χ1v) is 7.89. The first kappa shape index (κ1) is 14.2. The van der Waals surface area contributed by atoms with E-state index < -0.39 is 0 Å². The van der Waals surface area contributed by atoms with E-state index in [9.17, 15) is 4.79 Å². The number of carbonyl (C=O) groups is 1. The number of nitrogens with zero attached hydrogens (tertiary/aromatic N) is 1. The van der Waals surface area contributed by atoms with Gasteiger partial charge in [-0.25, -0.2) is 0 Å². The quantitative estimate of drug-likeness (QED) is 0.837. The molecule has 3 heterocycles. The fourth-order valence-electron chi connectivity index (χ4n) is 3.45. The fourth-order valence-corrected chi connectivity index (χ4v) is 3.76. The summed E-state index contributed by atoms with van der Waals surface area (Å²) in [6.45, 7) is 3.75. The Morgan fingerprint density at radius 1 is 1.30 bits per heavy atom. The Labute approximate surface area is 128 Å². The lowest BCUT2D eigenvalue weighted by Crippen LogP contribution is -2.52. The first-order chi connectivity index (χ1) is 9.60. The summed E-state index contributed by atoms with van der Waals surface area (Å²) in [4.78, 5) is 17.3. The molecule has 1 unspecified atom stereocenters. The molecule has 0 saturated carbocycles. The maximum atomic E-state index is 12.5. The number of hydrogen-bond acceptors (Lipinski definition) is 2. The zero-order chi connectivity index (χ0) is 14.2. The van der Waals surface area contributed by atoms with Gasteiger partial charge in [-0.05, 0) is 38.3 Å². The van der Waals surface area contributed by atoms with Gasteiger partial charge < -0.3 is 15.2 Å². The molecule has 2 fully saturated rings. The Morgan fingerprint density at radius 3 is 2.75 bits per heavy atom. The zero-order valence-electron chi connectivity index (χ0n) is 11.3. The molecule has 1 spiro atoms. The molecule has 1 aromatic rings. The van der Waals surface area contributed by atoms with Crippen molar-refractivity contribution in [1.82, 2.24) is 15.2 Å². The van der Waals surface area contributed by atoms with Crippen LogP contribution < -0.4 is 5.32 Å². The molecule has 2 N–H and O–H groups in total. The summed E-state index contributed by atoms with van der Waals surface area (Å²) in [5.74, 6) is 0.00319. The van der Waals surface area contributed by atoms with E-state index in [0.717, 1.165) is 32.6 Å². The van der Waals surface area contributed by atoms with E-state index in [1.165, 1.54) is 19.3 Å². The fraction of sp³-hybridized carbons (Fsp3) is 0.643. The Bertz CT molecular complexity index is 484. The maximum absolute atomic E-state index is 12.5. The standard InChI is InChI=1S/C14H19Cl2N3O/c15-10-7-11(18-12(10)16)13(20)19-6-2-4-14(9-19)3-1-5-17-8-14/h7,17-18H,1-6,8-9H2. The predicted molar refractivity (Wildman–Crippen MR) is 80.5 cm³/mol. The highest BCUT2D eigenvalue weighted by Crippen LogP contribution is 2.36. The molecule has 0 radical (unpaired) electrons. The highest BCUT2D eigenvalue weighted by Gasteiger charge is 2.38. The lowest BCUT2D eigenvalue weighted by molar-refractivity contribution is 0.0429. The second-order valence-corrected chi connectivity index (χ2v) is 6.74. The van der Waals surface area contributed by atoms with Gasteiger partial charge >= 0.3 is 0 Å². The topological polar surface area (TPSA) is 48.1 Å². The molecular formula is C14H19Cl2N3O. The summed E-state index contributed by atoms with van der Waals surface area (Å²) >= 11 is 11.8. The van der Waals surface area contributed by atoms with Crippen molar-refractivity contribution in [1.29, 1.82) is 0 Å². The van der Waals surface area contributed by atoms with Gasteiger partial charge in [0, 0.05) is 25.0 Å². The highest BCUT2D eigenvalue weighted by molar-refractivity contribution is 6.41. The largest absolute Gasteiger partial charge is 0.340 e. The molecule has 4 nitrogen and oxygen atoms in total. The maximum Gasteiger partial charge on any atom is 0.270 e. The Morgan fingerprint density at radius 2 is 2.10 bits per heavy atom. The zero-order valence-corrected chi connectivity index (χ0v) is 12.9. The molecule has 2 aliphatic rings. The van der Waals surface area contributed by atoms with Gasteiger partial charge in [-0.2, -0.15) is 0 Å². The van der Waals surface area contributed by atoms with Crippen molar-refractivity contribution in [3.05, 3.63) is 21.9 Å². The van der Waals surface area contributed by atoms with Crippen molar-refractivity contribution < 1.29 is 4.79 Å². The molecule has 0 aliphatic carbocycles. The van der Waals surface area contributed by atoms with Crippen LogP contribution in [-0.2, 0) is 0 Å². The number of likely N-dealkylation sites (tertiary alicyclic amines) is 1. The SMILES string of the molecule is O=C(c1cc(Cl)c(Cl)[nH]1)N1CCCC2(CCCNC2)C1. The Balaban J connectivity index is 1.74. The number of H-pyrrole nitrogens is 1. The van der Waals surface area contributed by atoms with Crippen LogP contribution in [-0.4, -0.2) is 42.0 Å². The second-order valence-electron chi connectivity index (χ2n) is 5.96. The molecule has 110 valence electrons. The number of hydrogen-bond donors (Lipinski definition) is 2.